The highest BCUT2D eigenvalue weighted by Crippen LogP contribution is 2.49. The Morgan fingerprint density at radius 3 is 2.57 bits per heavy atom. The van der Waals surface area contributed by atoms with Crippen LogP contribution in [-0.4, -0.2) is 65.6 Å². The molecule has 0 aromatic heterocycles. The lowest BCUT2D eigenvalue weighted by Crippen LogP contribution is -2.46. The highest BCUT2D eigenvalue weighted by Gasteiger charge is 2.53. The molecule has 0 aliphatic carbocycles. The number of rotatable bonds is 5. The van der Waals surface area contributed by atoms with Crippen molar-refractivity contribution in [3.63, 3.8) is 0 Å². The summed E-state index contributed by atoms with van der Waals surface area (Å²) in [5.41, 5.74) is -1.05. The highest BCUT2D eigenvalue weighted by atomic mass is 16.6. The van der Waals surface area contributed by atoms with Gasteiger partial charge in [0.2, 0.25) is 0 Å². The smallest absolute Gasteiger partial charge is 0.260 e. The summed E-state index contributed by atoms with van der Waals surface area (Å²) in [5.74, 6) is 0.767. The Balaban J connectivity index is 1.27. The molecule has 3 saturated heterocycles. The summed E-state index contributed by atoms with van der Waals surface area (Å²) < 4.78 is 18.2. The molecule has 6 heteroatoms. The second-order valence-electron chi connectivity index (χ2n) is 10.1. The summed E-state index contributed by atoms with van der Waals surface area (Å²) in [6.07, 6.45) is 4.53. The molecule has 30 heavy (non-hydrogen) atoms. The summed E-state index contributed by atoms with van der Waals surface area (Å²) >= 11 is 0. The largest absolute Gasteiger partial charge is 0.484 e. The third-order valence-electron chi connectivity index (χ3n) is 7.27. The molecule has 0 radical (unpaired) electrons. The number of piperidine rings is 1. The Morgan fingerprint density at radius 2 is 1.93 bits per heavy atom. The molecular formula is C24H35NO5. The fraction of sp³-hybridized carbons (Fsp3) is 0.708. The van der Waals surface area contributed by atoms with Crippen molar-refractivity contribution in [3.05, 3.63) is 30.3 Å². The molecule has 0 bridgehead atoms. The molecule has 3 atom stereocenters. The number of hydrogen-bond acceptors (Lipinski definition) is 5. The molecule has 1 amide bonds. The van der Waals surface area contributed by atoms with Crippen LogP contribution in [-0.2, 0) is 14.3 Å². The van der Waals surface area contributed by atoms with E-state index in [-0.39, 0.29) is 35.7 Å². The van der Waals surface area contributed by atoms with E-state index in [1.54, 1.807) is 0 Å². The lowest BCUT2D eigenvalue weighted by molar-refractivity contribution is -0.155. The van der Waals surface area contributed by atoms with Gasteiger partial charge in [-0.25, -0.2) is 0 Å². The Morgan fingerprint density at radius 1 is 1.23 bits per heavy atom. The van der Waals surface area contributed by atoms with Crippen molar-refractivity contribution >= 4 is 5.91 Å². The number of benzene rings is 1. The van der Waals surface area contributed by atoms with Crippen LogP contribution in [0.4, 0.5) is 0 Å². The molecule has 3 heterocycles. The number of nitrogens with zero attached hydrogens (tertiary/aromatic N) is 1. The number of para-hydroxylation sites is 1. The van der Waals surface area contributed by atoms with Crippen LogP contribution in [0.2, 0.25) is 0 Å². The van der Waals surface area contributed by atoms with E-state index in [4.69, 9.17) is 14.2 Å². The van der Waals surface area contributed by atoms with Crippen LogP contribution < -0.4 is 4.74 Å². The van der Waals surface area contributed by atoms with Gasteiger partial charge in [-0.1, -0.05) is 18.2 Å². The summed E-state index contributed by atoms with van der Waals surface area (Å²) in [6, 6.07) is 9.46. The molecule has 0 unspecified atom stereocenters. The van der Waals surface area contributed by atoms with Gasteiger partial charge in [-0.3, -0.25) is 4.79 Å². The van der Waals surface area contributed by atoms with Crippen LogP contribution in [0.3, 0.4) is 0 Å². The quantitative estimate of drug-likeness (QED) is 0.797. The van der Waals surface area contributed by atoms with Gasteiger partial charge < -0.3 is 24.2 Å². The Hall–Kier alpha value is -1.63. The third-order valence-corrected chi connectivity index (χ3v) is 7.27. The lowest BCUT2D eigenvalue weighted by atomic mass is 9.74. The second kappa shape index (κ2) is 8.13. The molecule has 0 saturated carbocycles. The number of carbonyl (C=O) groups is 1. The van der Waals surface area contributed by atoms with Crippen LogP contribution in [0, 0.1) is 5.41 Å². The zero-order chi connectivity index (χ0) is 21.4. The first kappa shape index (κ1) is 21.6. The van der Waals surface area contributed by atoms with Gasteiger partial charge in [-0.2, -0.15) is 0 Å². The predicted octanol–water partition coefficient (Wildman–Crippen LogP) is 3.17. The summed E-state index contributed by atoms with van der Waals surface area (Å²) in [6.45, 7) is 8.06. The summed E-state index contributed by atoms with van der Waals surface area (Å²) in [4.78, 5) is 14.5. The zero-order valence-corrected chi connectivity index (χ0v) is 18.4. The van der Waals surface area contributed by atoms with Gasteiger partial charge in [0, 0.05) is 13.1 Å². The molecule has 1 aromatic carbocycles. The van der Waals surface area contributed by atoms with Crippen LogP contribution in [0.1, 0.15) is 52.9 Å². The molecule has 3 aliphatic heterocycles. The van der Waals surface area contributed by atoms with Gasteiger partial charge >= 0.3 is 0 Å². The van der Waals surface area contributed by atoms with Crippen molar-refractivity contribution < 1.29 is 24.1 Å². The first-order valence-electron chi connectivity index (χ1n) is 11.2. The van der Waals surface area contributed by atoms with Crippen LogP contribution in [0.25, 0.3) is 0 Å². The van der Waals surface area contributed by atoms with Gasteiger partial charge in [-0.15, -0.1) is 0 Å². The zero-order valence-electron chi connectivity index (χ0n) is 18.4. The van der Waals surface area contributed by atoms with Crippen molar-refractivity contribution in [2.24, 2.45) is 5.41 Å². The minimum absolute atomic E-state index is 0.0447. The normalized spacial score (nSPS) is 31.3. The molecule has 1 aromatic rings. The van der Waals surface area contributed by atoms with Gasteiger partial charge in [0.1, 0.15) is 5.75 Å². The Kier molecular flexibility index (Phi) is 5.86. The maximum Gasteiger partial charge on any atom is 0.260 e. The molecule has 4 rings (SSSR count). The molecule has 1 N–H and O–H groups in total. The van der Waals surface area contributed by atoms with E-state index in [0.29, 0.717) is 0 Å². The van der Waals surface area contributed by atoms with E-state index in [1.165, 1.54) is 0 Å². The molecule has 6 nitrogen and oxygen atoms in total. The second-order valence-corrected chi connectivity index (χ2v) is 10.1. The van der Waals surface area contributed by atoms with Gasteiger partial charge in [-0.05, 0) is 70.4 Å². The number of amides is 1. The Bertz CT molecular complexity index is 738. The van der Waals surface area contributed by atoms with Crippen molar-refractivity contribution in [1.29, 1.82) is 0 Å². The SMILES string of the molecule is CC(C)(O)[C@@H]1CC[C@](C)([C@@H]2CC3(CCN(C(=O)COc4ccccc4)CC3)CO2)O1. The van der Waals surface area contributed by atoms with E-state index in [2.05, 4.69) is 6.92 Å². The van der Waals surface area contributed by atoms with Gasteiger partial charge in [0.15, 0.2) is 6.61 Å². The molecule has 1 spiro atoms. The van der Waals surface area contributed by atoms with Crippen molar-refractivity contribution in [2.75, 3.05) is 26.3 Å². The van der Waals surface area contributed by atoms with Gasteiger partial charge in [0.05, 0.1) is 30.0 Å². The maximum atomic E-state index is 12.6. The van der Waals surface area contributed by atoms with E-state index in [9.17, 15) is 9.90 Å². The summed E-state index contributed by atoms with van der Waals surface area (Å²) in [7, 11) is 0. The van der Waals surface area contributed by atoms with E-state index in [0.717, 1.165) is 57.6 Å². The van der Waals surface area contributed by atoms with Crippen LogP contribution in [0.5, 0.6) is 5.75 Å². The minimum atomic E-state index is -0.832. The fourth-order valence-electron chi connectivity index (χ4n) is 5.11. The lowest BCUT2D eigenvalue weighted by Gasteiger charge is -2.39. The number of likely N-dealkylation sites (tertiary alicyclic amines) is 1. The van der Waals surface area contributed by atoms with Crippen molar-refractivity contribution in [2.45, 2.75) is 76.3 Å². The Labute approximate surface area is 179 Å². The van der Waals surface area contributed by atoms with Crippen molar-refractivity contribution in [3.8, 4) is 5.75 Å². The monoisotopic (exact) mass is 417 g/mol. The van der Waals surface area contributed by atoms with Crippen LogP contribution >= 0.6 is 0 Å². The molecule has 3 aliphatic rings. The summed E-state index contributed by atoms with van der Waals surface area (Å²) in [5, 5.41) is 10.3. The third kappa shape index (κ3) is 4.51. The molecular weight excluding hydrogens is 382 g/mol. The van der Waals surface area contributed by atoms with Gasteiger partial charge in [0.25, 0.3) is 5.91 Å². The molecule has 166 valence electrons. The standard InChI is InChI=1S/C24H35NO5/c1-22(2,27)19-9-10-23(3,30-19)20-15-24(17-29-20)11-13-25(14-12-24)21(26)16-28-18-7-5-4-6-8-18/h4-8,19-20,27H,9-17H2,1-3H3/t19-,20-,23+/m0/s1. The average Bonchev–Trinajstić information content (AvgIpc) is 3.33. The minimum Gasteiger partial charge on any atom is -0.484 e. The first-order chi connectivity index (χ1) is 14.2. The number of hydrogen-bond donors (Lipinski definition) is 1. The number of aliphatic hydroxyl groups is 1. The average molecular weight is 418 g/mol. The number of ether oxygens (including phenoxy) is 3. The van der Waals surface area contributed by atoms with E-state index in [1.807, 2.05) is 49.1 Å². The topological polar surface area (TPSA) is 68.2 Å². The van der Waals surface area contributed by atoms with E-state index < -0.39 is 5.60 Å². The van der Waals surface area contributed by atoms with Crippen molar-refractivity contribution in [1.82, 2.24) is 4.90 Å². The number of carbonyl (C=O) groups excluding carboxylic acids is 1. The maximum absolute atomic E-state index is 12.6. The highest BCUT2D eigenvalue weighted by molar-refractivity contribution is 5.77. The predicted molar refractivity (Wildman–Crippen MR) is 113 cm³/mol. The fourth-order valence-corrected chi connectivity index (χ4v) is 5.11. The van der Waals surface area contributed by atoms with E-state index >= 15 is 0 Å². The van der Waals surface area contributed by atoms with Crippen LogP contribution in [0.15, 0.2) is 30.3 Å². The molecule has 3 fully saturated rings. The first-order valence-corrected chi connectivity index (χ1v) is 11.2.